The largest absolute Gasteiger partial charge is 0.310 e. The maximum atomic E-state index is 4.68. The molecule has 0 aromatic carbocycles. The number of hydrogen-bond donors (Lipinski definition) is 1. The number of aryl methyl sites for hydroxylation is 2. The molecule has 102 valence electrons. The van der Waals surface area contributed by atoms with E-state index in [1.54, 1.807) is 0 Å². The fraction of sp³-hybridized carbons (Fsp3) is 0.467. The lowest BCUT2D eigenvalue weighted by atomic mass is 10.2. The van der Waals surface area contributed by atoms with Gasteiger partial charge >= 0.3 is 0 Å². The SMILES string of the molecule is Cc1nc(-n2cnc(C)c2C)ccc1CNC(C)C. The van der Waals surface area contributed by atoms with Gasteiger partial charge in [0, 0.05) is 24.0 Å². The minimum absolute atomic E-state index is 0.484. The molecule has 0 aliphatic carbocycles. The summed E-state index contributed by atoms with van der Waals surface area (Å²) in [6.45, 7) is 11.3. The molecule has 1 N–H and O–H groups in total. The normalized spacial score (nSPS) is 11.3. The number of pyridine rings is 1. The van der Waals surface area contributed by atoms with Crippen molar-refractivity contribution >= 4 is 0 Å². The van der Waals surface area contributed by atoms with E-state index >= 15 is 0 Å². The summed E-state index contributed by atoms with van der Waals surface area (Å²) >= 11 is 0. The highest BCUT2D eigenvalue weighted by Gasteiger charge is 2.07. The third kappa shape index (κ3) is 3.01. The third-order valence-corrected chi connectivity index (χ3v) is 3.38. The smallest absolute Gasteiger partial charge is 0.138 e. The molecule has 0 bridgehead atoms. The minimum atomic E-state index is 0.484. The van der Waals surface area contributed by atoms with Crippen molar-refractivity contribution in [3.63, 3.8) is 0 Å². The molecule has 0 saturated carbocycles. The molecule has 0 amide bonds. The predicted octanol–water partition coefficient (Wildman–Crippen LogP) is 2.69. The minimum Gasteiger partial charge on any atom is -0.310 e. The molecular formula is C15H22N4. The molecule has 0 fully saturated rings. The van der Waals surface area contributed by atoms with Gasteiger partial charge in [-0.2, -0.15) is 0 Å². The molecule has 0 spiro atoms. The van der Waals surface area contributed by atoms with E-state index in [1.165, 1.54) is 5.56 Å². The molecule has 19 heavy (non-hydrogen) atoms. The lowest BCUT2D eigenvalue weighted by molar-refractivity contribution is 0.586. The summed E-state index contributed by atoms with van der Waals surface area (Å²) in [5.74, 6) is 0.934. The van der Waals surface area contributed by atoms with Crippen molar-refractivity contribution in [1.82, 2.24) is 19.9 Å². The van der Waals surface area contributed by atoms with Gasteiger partial charge in [-0.25, -0.2) is 9.97 Å². The first kappa shape index (κ1) is 13.7. The first-order valence-electron chi connectivity index (χ1n) is 6.70. The van der Waals surface area contributed by atoms with Crippen molar-refractivity contribution < 1.29 is 0 Å². The third-order valence-electron chi connectivity index (χ3n) is 3.38. The van der Waals surface area contributed by atoms with Crippen LogP contribution in [0, 0.1) is 20.8 Å². The van der Waals surface area contributed by atoms with Crippen molar-refractivity contribution in [2.24, 2.45) is 0 Å². The van der Waals surface area contributed by atoms with Gasteiger partial charge in [0.1, 0.15) is 12.1 Å². The Bertz CT molecular complexity index is 570. The number of rotatable bonds is 4. The first-order chi connectivity index (χ1) is 8.99. The van der Waals surface area contributed by atoms with Crippen LogP contribution in [0.3, 0.4) is 0 Å². The van der Waals surface area contributed by atoms with Crippen LogP contribution in [0.2, 0.25) is 0 Å². The molecule has 2 aromatic heterocycles. The predicted molar refractivity (Wildman–Crippen MR) is 77.5 cm³/mol. The van der Waals surface area contributed by atoms with Crippen molar-refractivity contribution in [3.8, 4) is 5.82 Å². The van der Waals surface area contributed by atoms with Crippen LogP contribution >= 0.6 is 0 Å². The van der Waals surface area contributed by atoms with Gasteiger partial charge in [-0.05, 0) is 32.4 Å². The van der Waals surface area contributed by atoms with Crippen LogP contribution < -0.4 is 5.32 Å². The van der Waals surface area contributed by atoms with Crippen LogP contribution in [0.15, 0.2) is 18.5 Å². The van der Waals surface area contributed by atoms with E-state index in [-0.39, 0.29) is 0 Å². The van der Waals surface area contributed by atoms with Crippen LogP contribution in [0.4, 0.5) is 0 Å². The average molecular weight is 258 g/mol. The van der Waals surface area contributed by atoms with Gasteiger partial charge in [0.05, 0.1) is 5.69 Å². The Morgan fingerprint density at radius 3 is 2.42 bits per heavy atom. The average Bonchev–Trinajstić information content (AvgIpc) is 2.68. The summed E-state index contributed by atoms with van der Waals surface area (Å²) < 4.78 is 2.03. The second-order valence-corrected chi connectivity index (χ2v) is 5.23. The molecule has 0 aliphatic rings. The van der Waals surface area contributed by atoms with E-state index in [9.17, 15) is 0 Å². The maximum absolute atomic E-state index is 4.68. The van der Waals surface area contributed by atoms with Crippen molar-refractivity contribution in [2.45, 2.75) is 47.2 Å². The van der Waals surface area contributed by atoms with Gasteiger partial charge in [0.15, 0.2) is 0 Å². The van der Waals surface area contributed by atoms with Crippen LogP contribution in [0.5, 0.6) is 0 Å². The van der Waals surface area contributed by atoms with E-state index < -0.39 is 0 Å². The standard InChI is InChI=1S/C15H22N4/c1-10(2)16-8-14-6-7-15(18-12(14)4)19-9-17-11(3)13(19)5/h6-7,9-10,16H,8H2,1-5H3. The van der Waals surface area contributed by atoms with Gasteiger partial charge in [-0.1, -0.05) is 19.9 Å². The highest BCUT2D eigenvalue weighted by atomic mass is 15.1. The second-order valence-electron chi connectivity index (χ2n) is 5.23. The maximum Gasteiger partial charge on any atom is 0.138 e. The monoisotopic (exact) mass is 258 g/mol. The van der Waals surface area contributed by atoms with Gasteiger partial charge in [-0.15, -0.1) is 0 Å². The molecule has 0 radical (unpaired) electrons. The molecule has 2 rings (SSSR count). The highest BCUT2D eigenvalue weighted by molar-refractivity contribution is 5.32. The van der Waals surface area contributed by atoms with E-state index in [0.717, 1.165) is 29.4 Å². The Morgan fingerprint density at radius 1 is 1.16 bits per heavy atom. The molecule has 0 saturated heterocycles. The molecule has 4 nitrogen and oxygen atoms in total. The molecule has 2 aromatic rings. The number of nitrogens with zero attached hydrogens (tertiary/aromatic N) is 3. The second kappa shape index (κ2) is 5.53. The first-order valence-corrected chi connectivity index (χ1v) is 6.70. The highest BCUT2D eigenvalue weighted by Crippen LogP contribution is 2.14. The van der Waals surface area contributed by atoms with E-state index in [4.69, 9.17) is 0 Å². The zero-order chi connectivity index (χ0) is 14.0. The quantitative estimate of drug-likeness (QED) is 0.917. The van der Waals surface area contributed by atoms with Crippen LogP contribution in [0.25, 0.3) is 5.82 Å². The summed E-state index contributed by atoms with van der Waals surface area (Å²) in [5, 5.41) is 3.42. The Balaban J connectivity index is 2.26. The van der Waals surface area contributed by atoms with Crippen molar-refractivity contribution in [2.75, 3.05) is 0 Å². The Kier molecular flexibility index (Phi) is 4.00. The fourth-order valence-electron chi connectivity index (χ4n) is 1.94. The number of imidazole rings is 1. The summed E-state index contributed by atoms with van der Waals surface area (Å²) in [5.41, 5.74) is 4.49. The van der Waals surface area contributed by atoms with Crippen LogP contribution in [0.1, 0.15) is 36.5 Å². The van der Waals surface area contributed by atoms with Crippen LogP contribution in [-0.2, 0) is 6.54 Å². The molecule has 0 unspecified atom stereocenters. The van der Waals surface area contributed by atoms with E-state index in [1.807, 2.05) is 17.8 Å². The van der Waals surface area contributed by atoms with Gasteiger partial charge in [0.2, 0.25) is 0 Å². The Morgan fingerprint density at radius 2 is 1.89 bits per heavy atom. The molecule has 2 heterocycles. The summed E-state index contributed by atoms with van der Waals surface area (Å²) in [6, 6.07) is 4.68. The van der Waals surface area contributed by atoms with Gasteiger partial charge in [0.25, 0.3) is 0 Å². The van der Waals surface area contributed by atoms with E-state index in [0.29, 0.717) is 6.04 Å². The Hall–Kier alpha value is -1.68. The lowest BCUT2D eigenvalue weighted by Crippen LogP contribution is -2.22. The molecule has 0 aliphatic heterocycles. The molecular weight excluding hydrogens is 236 g/mol. The van der Waals surface area contributed by atoms with Gasteiger partial charge in [-0.3, -0.25) is 4.57 Å². The topological polar surface area (TPSA) is 42.7 Å². The summed E-state index contributed by atoms with van der Waals surface area (Å²) in [7, 11) is 0. The van der Waals surface area contributed by atoms with E-state index in [2.05, 4.69) is 55.1 Å². The van der Waals surface area contributed by atoms with Crippen molar-refractivity contribution in [3.05, 3.63) is 41.1 Å². The van der Waals surface area contributed by atoms with Gasteiger partial charge < -0.3 is 5.32 Å². The zero-order valence-electron chi connectivity index (χ0n) is 12.4. The molecule has 4 heteroatoms. The number of hydrogen-bond acceptors (Lipinski definition) is 3. The number of aromatic nitrogens is 3. The lowest BCUT2D eigenvalue weighted by Gasteiger charge is -2.12. The number of nitrogens with one attached hydrogen (secondary N) is 1. The summed E-state index contributed by atoms with van der Waals surface area (Å²) in [6.07, 6.45) is 1.83. The summed E-state index contributed by atoms with van der Waals surface area (Å²) in [4.78, 5) is 8.99. The zero-order valence-corrected chi connectivity index (χ0v) is 12.4. The fourth-order valence-corrected chi connectivity index (χ4v) is 1.94. The van der Waals surface area contributed by atoms with Crippen molar-refractivity contribution in [1.29, 1.82) is 0 Å². The van der Waals surface area contributed by atoms with Crippen LogP contribution in [-0.4, -0.2) is 20.6 Å². The molecule has 0 atom stereocenters. The Labute approximate surface area is 114 Å².